The summed E-state index contributed by atoms with van der Waals surface area (Å²) in [5.74, 6) is 0. The van der Waals surface area contributed by atoms with Gasteiger partial charge in [-0.3, -0.25) is 0 Å². The molecule has 3 rings (SSSR count). The molecule has 1 N–H and O–H groups in total. The Labute approximate surface area is 124 Å². The molecule has 0 saturated carbocycles. The highest BCUT2D eigenvalue weighted by molar-refractivity contribution is 5.76. The van der Waals surface area contributed by atoms with Crippen LogP contribution < -0.4 is 5.32 Å². The molecule has 0 aromatic carbocycles. The highest BCUT2D eigenvalue weighted by atomic mass is 19.1. The topological polar surface area (TPSA) is 42.7 Å². The van der Waals surface area contributed by atoms with Gasteiger partial charge in [-0.25, -0.2) is 4.39 Å². The zero-order chi connectivity index (χ0) is 15.4. The normalized spacial score (nSPS) is 27.9. The second-order valence-corrected chi connectivity index (χ2v) is 7.37. The van der Waals surface area contributed by atoms with Gasteiger partial charge in [-0.15, -0.1) is 5.10 Å². The maximum absolute atomic E-state index is 15.1. The lowest BCUT2D eigenvalue weighted by Crippen LogP contribution is -2.64. The van der Waals surface area contributed by atoms with Gasteiger partial charge in [0.15, 0.2) is 5.65 Å². The number of rotatable bonds is 1. The molecule has 2 aromatic rings. The van der Waals surface area contributed by atoms with Crippen LogP contribution in [0.15, 0.2) is 18.3 Å². The Bertz CT molecular complexity index is 674. The van der Waals surface area contributed by atoms with E-state index in [1.165, 1.54) is 0 Å². The molecule has 0 aliphatic carbocycles. The fourth-order valence-corrected chi connectivity index (χ4v) is 3.84. The van der Waals surface area contributed by atoms with Crippen molar-refractivity contribution in [2.24, 2.45) is 0 Å². The van der Waals surface area contributed by atoms with E-state index in [9.17, 15) is 0 Å². The summed E-state index contributed by atoms with van der Waals surface area (Å²) in [4.78, 5) is 0. The average Bonchev–Trinajstić information content (AvgIpc) is 2.68. The number of aryl methyl sites for hydroxylation is 1. The molecule has 1 fully saturated rings. The van der Waals surface area contributed by atoms with E-state index in [-0.39, 0.29) is 11.6 Å². The van der Waals surface area contributed by atoms with Crippen LogP contribution in [0.25, 0.3) is 11.0 Å². The van der Waals surface area contributed by atoms with Gasteiger partial charge >= 0.3 is 0 Å². The fourth-order valence-electron chi connectivity index (χ4n) is 3.84. The molecule has 2 atom stereocenters. The molecule has 1 aliphatic heterocycles. The van der Waals surface area contributed by atoms with E-state index in [2.05, 4.69) is 35.4 Å². The Morgan fingerprint density at radius 2 is 2.05 bits per heavy atom. The molecule has 0 radical (unpaired) electrons. The number of piperidine rings is 1. The summed E-state index contributed by atoms with van der Waals surface area (Å²) in [6, 6.07) is 3.75. The molecule has 3 heterocycles. The predicted molar refractivity (Wildman–Crippen MR) is 82.1 cm³/mol. The van der Waals surface area contributed by atoms with E-state index in [1.54, 1.807) is 6.20 Å². The Morgan fingerprint density at radius 1 is 1.33 bits per heavy atom. The van der Waals surface area contributed by atoms with Gasteiger partial charge in [0, 0.05) is 22.2 Å². The Kier molecular flexibility index (Phi) is 3.10. The first-order valence-corrected chi connectivity index (χ1v) is 7.44. The van der Waals surface area contributed by atoms with Crippen molar-refractivity contribution in [3.05, 3.63) is 24.0 Å². The summed E-state index contributed by atoms with van der Waals surface area (Å²) >= 11 is 0. The van der Waals surface area contributed by atoms with Crippen LogP contribution in [0.4, 0.5) is 4.39 Å². The van der Waals surface area contributed by atoms with E-state index in [0.29, 0.717) is 0 Å². The van der Waals surface area contributed by atoms with Crippen molar-refractivity contribution in [3.8, 4) is 0 Å². The van der Waals surface area contributed by atoms with E-state index in [4.69, 9.17) is 0 Å². The van der Waals surface area contributed by atoms with E-state index in [1.807, 2.05) is 31.4 Å². The summed E-state index contributed by atoms with van der Waals surface area (Å²) < 4.78 is 17.1. The molecule has 0 bridgehead atoms. The minimum absolute atomic E-state index is 0.123. The molecule has 1 aliphatic rings. The van der Waals surface area contributed by atoms with Crippen LogP contribution in [0.5, 0.6) is 0 Å². The van der Waals surface area contributed by atoms with Gasteiger partial charge in [-0.05, 0) is 53.2 Å². The summed E-state index contributed by atoms with van der Waals surface area (Å²) in [6.45, 7) is 10.1. The van der Waals surface area contributed by atoms with Crippen LogP contribution in [0.3, 0.4) is 0 Å². The quantitative estimate of drug-likeness (QED) is 0.877. The van der Waals surface area contributed by atoms with Gasteiger partial charge in [-0.2, -0.15) is 5.10 Å². The minimum Gasteiger partial charge on any atom is -0.322 e. The highest BCUT2D eigenvalue weighted by Gasteiger charge is 2.47. The first-order valence-electron chi connectivity index (χ1n) is 7.44. The first kappa shape index (κ1) is 14.4. The summed E-state index contributed by atoms with van der Waals surface area (Å²) in [5, 5.41) is 12.6. The van der Waals surface area contributed by atoms with Gasteiger partial charge in [0.25, 0.3) is 0 Å². The second kappa shape index (κ2) is 4.50. The van der Waals surface area contributed by atoms with Gasteiger partial charge in [0.2, 0.25) is 0 Å². The number of nitrogens with one attached hydrogen (secondary N) is 1. The number of aromatic nitrogens is 3. The molecule has 4 nitrogen and oxygen atoms in total. The standard InChI is InChI=1S/C16H23FN4/c1-10-8-11-6-7-18-19-14(11)21(10)12-9-15(2,3)20-16(4,5)13(12)17/h6-8,12-13,20H,9H2,1-5H3/t12-,13-/m0/s1. The van der Waals surface area contributed by atoms with Crippen LogP contribution in [0, 0.1) is 6.92 Å². The molecule has 1 saturated heterocycles. The third-order valence-electron chi connectivity index (χ3n) is 4.44. The SMILES string of the molecule is Cc1cc2ccnnc2n1[C@H]1CC(C)(C)NC(C)(C)[C@H]1F. The van der Waals surface area contributed by atoms with Crippen molar-refractivity contribution in [2.45, 2.75) is 64.3 Å². The van der Waals surface area contributed by atoms with Gasteiger partial charge < -0.3 is 9.88 Å². The van der Waals surface area contributed by atoms with Crippen LogP contribution in [0.2, 0.25) is 0 Å². The number of fused-ring (bicyclic) bond motifs is 1. The first-order chi connectivity index (χ1) is 9.71. The number of nitrogens with zero attached hydrogens (tertiary/aromatic N) is 3. The molecule has 21 heavy (non-hydrogen) atoms. The smallest absolute Gasteiger partial charge is 0.163 e. The minimum atomic E-state index is -0.984. The van der Waals surface area contributed by atoms with Crippen molar-refractivity contribution in [1.82, 2.24) is 20.1 Å². The molecule has 5 heteroatoms. The Hall–Kier alpha value is -1.49. The lowest BCUT2D eigenvalue weighted by molar-refractivity contribution is 0.0307. The third kappa shape index (κ3) is 2.33. The van der Waals surface area contributed by atoms with Gasteiger partial charge in [0.1, 0.15) is 6.17 Å². The molecule has 0 unspecified atom stereocenters. The number of alkyl halides is 1. The maximum Gasteiger partial charge on any atom is 0.163 e. The number of hydrogen-bond acceptors (Lipinski definition) is 3. The van der Waals surface area contributed by atoms with Crippen molar-refractivity contribution in [2.75, 3.05) is 0 Å². The van der Waals surface area contributed by atoms with Crippen LogP contribution in [-0.4, -0.2) is 32.0 Å². The molecule has 0 amide bonds. The fraction of sp³-hybridized carbons (Fsp3) is 0.625. The lowest BCUT2D eigenvalue weighted by Gasteiger charge is -2.49. The third-order valence-corrected chi connectivity index (χ3v) is 4.44. The van der Waals surface area contributed by atoms with Crippen molar-refractivity contribution >= 4 is 11.0 Å². The Morgan fingerprint density at radius 3 is 2.76 bits per heavy atom. The van der Waals surface area contributed by atoms with Crippen LogP contribution in [0.1, 0.15) is 45.9 Å². The summed E-state index contributed by atoms with van der Waals surface area (Å²) in [6.07, 6.45) is 1.41. The van der Waals surface area contributed by atoms with Crippen molar-refractivity contribution in [3.63, 3.8) is 0 Å². The van der Waals surface area contributed by atoms with Gasteiger partial charge in [0.05, 0.1) is 12.2 Å². The zero-order valence-electron chi connectivity index (χ0n) is 13.3. The van der Waals surface area contributed by atoms with E-state index >= 15 is 4.39 Å². The lowest BCUT2D eigenvalue weighted by atomic mass is 9.78. The monoisotopic (exact) mass is 290 g/mol. The molecular formula is C16H23FN4. The van der Waals surface area contributed by atoms with Gasteiger partial charge in [-0.1, -0.05) is 0 Å². The van der Waals surface area contributed by atoms with Crippen molar-refractivity contribution < 1.29 is 4.39 Å². The second-order valence-electron chi connectivity index (χ2n) is 7.37. The van der Waals surface area contributed by atoms with Crippen molar-refractivity contribution in [1.29, 1.82) is 0 Å². The average molecular weight is 290 g/mol. The molecule has 0 spiro atoms. The van der Waals surface area contributed by atoms with Crippen LogP contribution >= 0.6 is 0 Å². The summed E-state index contributed by atoms with van der Waals surface area (Å²) in [5.41, 5.74) is 1.11. The van der Waals surface area contributed by atoms with Crippen LogP contribution in [-0.2, 0) is 0 Å². The summed E-state index contributed by atoms with van der Waals surface area (Å²) in [7, 11) is 0. The largest absolute Gasteiger partial charge is 0.322 e. The molecule has 2 aromatic heterocycles. The highest BCUT2D eigenvalue weighted by Crippen LogP contribution is 2.40. The van der Waals surface area contributed by atoms with E-state index in [0.717, 1.165) is 23.1 Å². The number of halogens is 1. The predicted octanol–water partition coefficient (Wildman–Crippen LogP) is 3.17. The zero-order valence-corrected chi connectivity index (χ0v) is 13.3. The molecule has 114 valence electrons. The van der Waals surface area contributed by atoms with E-state index < -0.39 is 11.7 Å². The number of hydrogen-bond donors (Lipinski definition) is 1. The molecular weight excluding hydrogens is 267 g/mol. The maximum atomic E-state index is 15.1. The Balaban J connectivity index is 2.14.